The Morgan fingerprint density at radius 2 is 2.08 bits per heavy atom. The van der Waals surface area contributed by atoms with Gasteiger partial charge in [-0.15, -0.1) is 5.10 Å². The van der Waals surface area contributed by atoms with E-state index in [0.717, 1.165) is 10.1 Å². The average Bonchev–Trinajstić information content (AvgIpc) is 2.96. The molecule has 0 bridgehead atoms. The first kappa shape index (κ1) is 17.4. The Hall–Kier alpha value is -2.46. The van der Waals surface area contributed by atoms with Crippen LogP contribution in [0, 0.1) is 6.92 Å². The van der Waals surface area contributed by atoms with E-state index in [9.17, 15) is 13.2 Å². The molecule has 0 amide bonds. The zero-order valence-electron chi connectivity index (χ0n) is 13.4. The van der Waals surface area contributed by atoms with Crippen LogP contribution in [0.3, 0.4) is 0 Å². The lowest BCUT2D eigenvalue weighted by atomic mass is 10.3. The van der Waals surface area contributed by atoms with Crippen molar-refractivity contribution in [1.29, 1.82) is 0 Å². The van der Waals surface area contributed by atoms with Crippen LogP contribution in [-0.2, 0) is 16.7 Å². The maximum Gasteiger partial charge on any atom is 0.353 e. The molecule has 0 aliphatic heterocycles. The molecular formula is C14H14ClN5O4S. The molecule has 3 aromatic heterocycles. The number of halogens is 1. The highest BCUT2D eigenvalue weighted by molar-refractivity contribution is 7.87. The highest BCUT2D eigenvalue weighted by atomic mass is 35.5. The zero-order chi connectivity index (χ0) is 18.2. The summed E-state index contributed by atoms with van der Waals surface area (Å²) in [6.45, 7) is 3.52. The summed E-state index contributed by atoms with van der Waals surface area (Å²) in [5.74, 6) is -0.0660. The van der Waals surface area contributed by atoms with Crippen LogP contribution in [0.2, 0.25) is 5.15 Å². The maximum atomic E-state index is 12.1. The van der Waals surface area contributed by atoms with Gasteiger partial charge in [-0.2, -0.15) is 17.9 Å². The summed E-state index contributed by atoms with van der Waals surface area (Å²) in [6.07, 6.45) is 1.60. The Bertz CT molecular complexity index is 1090. The van der Waals surface area contributed by atoms with Crippen molar-refractivity contribution in [2.24, 2.45) is 0 Å². The van der Waals surface area contributed by atoms with Crippen LogP contribution in [0.15, 0.2) is 29.2 Å². The molecule has 132 valence electrons. The van der Waals surface area contributed by atoms with Gasteiger partial charge in [0.25, 0.3) is 5.56 Å². The van der Waals surface area contributed by atoms with Crippen LogP contribution in [0.4, 0.5) is 0 Å². The summed E-state index contributed by atoms with van der Waals surface area (Å²) in [5, 5.41) is 4.21. The van der Waals surface area contributed by atoms with E-state index in [1.54, 1.807) is 29.8 Å². The van der Waals surface area contributed by atoms with Crippen molar-refractivity contribution in [3.63, 3.8) is 0 Å². The maximum absolute atomic E-state index is 12.1. The Morgan fingerprint density at radius 3 is 2.72 bits per heavy atom. The number of aromatic nitrogens is 5. The minimum absolute atomic E-state index is 0.168. The molecule has 0 aliphatic rings. The fraction of sp³-hybridized carbons (Fsp3) is 0.286. The molecule has 0 unspecified atom stereocenters. The lowest BCUT2D eigenvalue weighted by Gasteiger charge is -2.11. The molecular weight excluding hydrogens is 370 g/mol. The summed E-state index contributed by atoms with van der Waals surface area (Å²) >= 11 is 5.78. The SMILES string of the molecule is CCS(=O)(=O)Oc1nc2n(Cc3ccc(Cl)nc3)c(C)cc(=O)n2n1. The molecule has 0 spiro atoms. The van der Waals surface area contributed by atoms with E-state index in [0.29, 0.717) is 17.4 Å². The molecule has 0 fully saturated rings. The molecule has 0 atom stereocenters. The number of hydrogen-bond acceptors (Lipinski definition) is 7. The van der Waals surface area contributed by atoms with Crippen LogP contribution in [0.1, 0.15) is 18.2 Å². The second-order valence-electron chi connectivity index (χ2n) is 5.24. The minimum atomic E-state index is -3.79. The van der Waals surface area contributed by atoms with Gasteiger partial charge >= 0.3 is 16.1 Å². The second kappa shape index (κ2) is 6.45. The predicted molar refractivity (Wildman–Crippen MR) is 90.4 cm³/mol. The summed E-state index contributed by atoms with van der Waals surface area (Å²) in [5.41, 5.74) is 1.02. The van der Waals surface area contributed by atoms with Crippen molar-refractivity contribution in [3.05, 3.63) is 51.2 Å². The van der Waals surface area contributed by atoms with Crippen molar-refractivity contribution in [2.75, 3.05) is 5.75 Å². The summed E-state index contributed by atoms with van der Waals surface area (Å²) in [4.78, 5) is 20.2. The fourth-order valence-electron chi connectivity index (χ4n) is 2.17. The summed E-state index contributed by atoms with van der Waals surface area (Å²) in [7, 11) is -3.79. The Balaban J connectivity index is 2.09. The van der Waals surface area contributed by atoms with Crippen molar-refractivity contribution >= 4 is 27.5 Å². The molecule has 25 heavy (non-hydrogen) atoms. The number of nitrogens with zero attached hydrogens (tertiary/aromatic N) is 5. The molecule has 0 aromatic carbocycles. The quantitative estimate of drug-likeness (QED) is 0.478. The third kappa shape index (κ3) is 3.64. The first-order chi connectivity index (χ1) is 11.8. The molecule has 11 heteroatoms. The van der Waals surface area contributed by atoms with Crippen LogP contribution >= 0.6 is 11.6 Å². The lowest BCUT2D eigenvalue weighted by Crippen LogP contribution is -2.20. The van der Waals surface area contributed by atoms with Crippen molar-refractivity contribution < 1.29 is 12.6 Å². The van der Waals surface area contributed by atoms with Gasteiger partial charge in [0.1, 0.15) is 5.15 Å². The first-order valence-electron chi connectivity index (χ1n) is 7.29. The van der Waals surface area contributed by atoms with Crippen LogP contribution in [0.25, 0.3) is 5.78 Å². The van der Waals surface area contributed by atoms with E-state index in [4.69, 9.17) is 15.8 Å². The van der Waals surface area contributed by atoms with E-state index in [-0.39, 0.29) is 11.5 Å². The highest BCUT2D eigenvalue weighted by Gasteiger charge is 2.18. The largest absolute Gasteiger partial charge is 0.353 e. The standard InChI is InChI=1S/C14H14ClN5O4S/c1-3-25(22,23)24-13-17-14-19(8-10-4-5-11(15)16-7-10)9(2)6-12(21)20(14)18-13/h4-7H,3,8H2,1-2H3. The molecule has 3 rings (SSSR count). The highest BCUT2D eigenvalue weighted by Crippen LogP contribution is 2.13. The van der Waals surface area contributed by atoms with E-state index < -0.39 is 21.7 Å². The number of fused-ring (bicyclic) bond motifs is 1. The molecule has 0 aliphatic carbocycles. The molecule has 0 saturated heterocycles. The number of pyridine rings is 1. The molecule has 0 N–H and O–H groups in total. The molecule has 9 nitrogen and oxygen atoms in total. The predicted octanol–water partition coefficient (Wildman–Crippen LogP) is 1.02. The molecule has 3 aromatic rings. The number of rotatable bonds is 5. The molecule has 0 radical (unpaired) electrons. The Labute approximate surface area is 148 Å². The Morgan fingerprint density at radius 1 is 1.32 bits per heavy atom. The first-order valence-corrected chi connectivity index (χ1v) is 9.24. The van der Waals surface area contributed by atoms with Crippen LogP contribution < -0.4 is 9.74 Å². The van der Waals surface area contributed by atoms with Crippen LogP contribution in [0.5, 0.6) is 6.01 Å². The zero-order valence-corrected chi connectivity index (χ0v) is 15.0. The summed E-state index contributed by atoms with van der Waals surface area (Å²) < 4.78 is 30.7. The van der Waals surface area contributed by atoms with Gasteiger partial charge in [0.05, 0.1) is 12.3 Å². The van der Waals surface area contributed by atoms with Gasteiger partial charge in [0.15, 0.2) is 0 Å². The van der Waals surface area contributed by atoms with Crippen LogP contribution in [-0.4, -0.2) is 38.3 Å². The smallest absolute Gasteiger partial charge is 0.341 e. The fourth-order valence-corrected chi connectivity index (χ4v) is 2.70. The van der Waals surface area contributed by atoms with E-state index in [2.05, 4.69) is 15.1 Å². The van der Waals surface area contributed by atoms with E-state index in [1.807, 2.05) is 0 Å². The van der Waals surface area contributed by atoms with Crippen molar-refractivity contribution in [1.82, 2.24) is 24.1 Å². The molecule has 3 heterocycles. The van der Waals surface area contributed by atoms with E-state index >= 15 is 0 Å². The van der Waals surface area contributed by atoms with Crippen molar-refractivity contribution in [3.8, 4) is 6.01 Å². The van der Waals surface area contributed by atoms with Gasteiger partial charge in [0, 0.05) is 18.0 Å². The third-order valence-electron chi connectivity index (χ3n) is 3.46. The number of aryl methyl sites for hydroxylation is 1. The van der Waals surface area contributed by atoms with Gasteiger partial charge in [0.2, 0.25) is 5.78 Å². The second-order valence-corrected chi connectivity index (χ2v) is 7.48. The average molecular weight is 384 g/mol. The number of hydrogen-bond donors (Lipinski definition) is 0. The van der Waals surface area contributed by atoms with Gasteiger partial charge < -0.3 is 8.75 Å². The van der Waals surface area contributed by atoms with Crippen molar-refractivity contribution in [2.45, 2.75) is 20.4 Å². The molecule has 0 saturated carbocycles. The lowest BCUT2D eigenvalue weighted by molar-refractivity contribution is 0.465. The Kier molecular flexibility index (Phi) is 4.48. The van der Waals surface area contributed by atoms with Gasteiger partial charge in [-0.1, -0.05) is 17.7 Å². The van der Waals surface area contributed by atoms with Gasteiger partial charge in [-0.25, -0.2) is 4.98 Å². The van der Waals surface area contributed by atoms with Gasteiger partial charge in [-0.3, -0.25) is 4.79 Å². The van der Waals surface area contributed by atoms with E-state index in [1.165, 1.54) is 13.0 Å². The monoisotopic (exact) mass is 383 g/mol. The van der Waals surface area contributed by atoms with Gasteiger partial charge in [-0.05, 0) is 25.5 Å². The normalized spacial score (nSPS) is 11.8. The topological polar surface area (TPSA) is 108 Å². The summed E-state index contributed by atoms with van der Waals surface area (Å²) in [6, 6.07) is 4.42. The minimum Gasteiger partial charge on any atom is -0.341 e. The third-order valence-corrected chi connectivity index (χ3v) is 4.80.